The number of hydrogen-bond acceptors (Lipinski definition) is 7. The molecule has 12 heteroatoms. The van der Waals surface area contributed by atoms with Gasteiger partial charge in [0.05, 0.1) is 13.2 Å². The zero-order valence-corrected chi connectivity index (χ0v) is 12.5. The fourth-order valence-electron chi connectivity index (χ4n) is 2.13. The smallest absolute Gasteiger partial charge is 0.448 e. The highest BCUT2D eigenvalue weighted by Gasteiger charge is 2.31. The molecule has 0 saturated heterocycles. The Labute approximate surface area is 138 Å². The Kier molecular flexibility index (Phi) is 4.44. The highest BCUT2D eigenvalue weighted by molar-refractivity contribution is 5.27. The zero-order valence-electron chi connectivity index (χ0n) is 12.5. The Morgan fingerprint density at radius 2 is 2.08 bits per heavy atom. The van der Waals surface area contributed by atoms with Crippen molar-refractivity contribution in [1.29, 1.82) is 0 Å². The predicted octanol–water partition coefficient (Wildman–Crippen LogP) is 2.06. The summed E-state index contributed by atoms with van der Waals surface area (Å²) >= 11 is 0. The van der Waals surface area contributed by atoms with Gasteiger partial charge in [0.2, 0.25) is 0 Å². The second-order valence-electron chi connectivity index (χ2n) is 5.07. The molecule has 0 fully saturated rings. The summed E-state index contributed by atoms with van der Waals surface area (Å²) < 4.78 is 52.1. The van der Waals surface area contributed by atoms with Crippen molar-refractivity contribution in [3.63, 3.8) is 0 Å². The molecule has 134 valence electrons. The maximum absolute atomic E-state index is 12.1. The fourth-order valence-corrected chi connectivity index (χ4v) is 2.13. The van der Waals surface area contributed by atoms with E-state index in [4.69, 9.17) is 9.47 Å². The Hall–Kier alpha value is -2.89. The lowest BCUT2D eigenvalue weighted by atomic mass is 10.2. The third-order valence-electron chi connectivity index (χ3n) is 3.21. The van der Waals surface area contributed by atoms with E-state index >= 15 is 0 Å². The monoisotopic (exact) mass is 360 g/mol. The number of alkyl halides is 3. The summed E-state index contributed by atoms with van der Waals surface area (Å²) in [6, 6.07) is 5.29. The molecule has 1 aromatic heterocycles. The van der Waals surface area contributed by atoms with Gasteiger partial charge in [0, 0.05) is 5.10 Å². The molecule has 0 bridgehead atoms. The molecular weight excluding hydrogens is 349 g/mol. The van der Waals surface area contributed by atoms with Crippen LogP contribution < -0.4 is 9.47 Å². The maximum atomic E-state index is 12.1. The number of halogens is 3. The van der Waals surface area contributed by atoms with Crippen molar-refractivity contribution >= 4 is 5.95 Å². The lowest BCUT2D eigenvalue weighted by molar-refractivity contribution is -0.394. The van der Waals surface area contributed by atoms with Crippen molar-refractivity contribution in [3.05, 3.63) is 39.9 Å². The van der Waals surface area contributed by atoms with Crippen molar-refractivity contribution in [2.45, 2.75) is 25.6 Å². The Balaban J connectivity index is 1.54. The molecule has 0 saturated carbocycles. The van der Waals surface area contributed by atoms with E-state index in [-0.39, 0.29) is 31.5 Å². The number of hydrogen-bond donors (Lipinski definition) is 0. The van der Waals surface area contributed by atoms with Crippen molar-refractivity contribution in [3.8, 4) is 11.8 Å². The van der Waals surface area contributed by atoms with E-state index in [1.54, 1.807) is 0 Å². The average Bonchev–Trinajstić information content (AvgIpc) is 2.96. The first-order valence-corrected chi connectivity index (χ1v) is 6.98. The summed E-state index contributed by atoms with van der Waals surface area (Å²) in [6.07, 6.45) is -5.17. The number of aromatic nitrogens is 3. The van der Waals surface area contributed by atoms with Crippen LogP contribution in [0.4, 0.5) is 19.1 Å². The first kappa shape index (κ1) is 17.0. The minimum Gasteiger partial charge on any atom is -0.448 e. The number of nitrogens with zero attached hydrogens (tertiary/aromatic N) is 4. The van der Waals surface area contributed by atoms with Crippen LogP contribution in [-0.2, 0) is 17.9 Å². The molecule has 0 N–H and O–H groups in total. The molecule has 0 unspecified atom stereocenters. The molecule has 0 radical (unpaired) electrons. The molecule has 3 rings (SSSR count). The number of nitro groups is 1. The molecule has 1 aliphatic rings. The van der Waals surface area contributed by atoms with Gasteiger partial charge >= 0.3 is 18.3 Å². The summed E-state index contributed by atoms with van der Waals surface area (Å²) in [7, 11) is 0. The van der Waals surface area contributed by atoms with Gasteiger partial charge in [-0.1, -0.05) is 12.1 Å². The van der Waals surface area contributed by atoms with E-state index in [1.165, 1.54) is 28.9 Å². The van der Waals surface area contributed by atoms with Crippen molar-refractivity contribution in [1.82, 2.24) is 14.8 Å². The summed E-state index contributed by atoms with van der Waals surface area (Å²) in [5.74, 6) is -0.882. The van der Waals surface area contributed by atoms with E-state index in [0.29, 0.717) is 5.56 Å². The Morgan fingerprint density at radius 1 is 1.36 bits per heavy atom. The summed E-state index contributed by atoms with van der Waals surface area (Å²) in [6.45, 7) is 0.461. The highest BCUT2D eigenvalue weighted by atomic mass is 19.4. The second kappa shape index (κ2) is 6.55. The van der Waals surface area contributed by atoms with Gasteiger partial charge in [0.1, 0.15) is 18.5 Å². The van der Waals surface area contributed by atoms with Crippen LogP contribution in [0.3, 0.4) is 0 Å². The SMILES string of the molecule is O=[N+]([O-])c1nc2n(n1)C[C@@H](OCc1ccc(OC(F)(F)F)cc1)CO2. The van der Waals surface area contributed by atoms with E-state index < -0.39 is 23.3 Å². The Morgan fingerprint density at radius 3 is 2.72 bits per heavy atom. The standard InChI is InChI=1S/C13H11F3N4O5/c14-13(15,16)25-9-3-1-8(2-4-9)6-23-10-5-19-12(24-7-10)17-11(18-19)20(21)22/h1-4,10H,5-7H2/t10-/m1/s1. The average molecular weight is 360 g/mol. The number of ether oxygens (including phenoxy) is 3. The number of fused-ring (bicyclic) bond motifs is 1. The maximum Gasteiger partial charge on any atom is 0.573 e. The van der Waals surface area contributed by atoms with E-state index in [9.17, 15) is 23.3 Å². The van der Waals surface area contributed by atoms with Crippen molar-refractivity contribution in [2.75, 3.05) is 6.61 Å². The van der Waals surface area contributed by atoms with Crippen molar-refractivity contribution < 1.29 is 32.3 Å². The van der Waals surface area contributed by atoms with Crippen LogP contribution in [-0.4, -0.2) is 38.8 Å². The van der Waals surface area contributed by atoms with Gasteiger partial charge < -0.3 is 24.3 Å². The highest BCUT2D eigenvalue weighted by Crippen LogP contribution is 2.23. The van der Waals surface area contributed by atoms with E-state index in [2.05, 4.69) is 14.8 Å². The van der Waals surface area contributed by atoms with Gasteiger partial charge in [-0.2, -0.15) is 0 Å². The van der Waals surface area contributed by atoms with Crippen LogP contribution in [0.1, 0.15) is 5.56 Å². The second-order valence-corrected chi connectivity index (χ2v) is 5.07. The minimum absolute atomic E-state index is 0.0419. The topological polar surface area (TPSA) is 102 Å². The van der Waals surface area contributed by atoms with E-state index in [0.717, 1.165) is 0 Å². The predicted molar refractivity (Wildman–Crippen MR) is 73.9 cm³/mol. The molecule has 2 aromatic rings. The first-order chi connectivity index (χ1) is 11.8. The lowest BCUT2D eigenvalue weighted by Gasteiger charge is -2.20. The molecule has 1 aromatic carbocycles. The molecular formula is C13H11F3N4O5. The minimum atomic E-state index is -4.74. The summed E-state index contributed by atoms with van der Waals surface area (Å²) in [4.78, 5) is 13.5. The molecule has 2 heterocycles. The van der Waals surface area contributed by atoms with E-state index in [1.807, 2.05) is 0 Å². The van der Waals surface area contributed by atoms with Crippen LogP contribution in [0.25, 0.3) is 0 Å². The van der Waals surface area contributed by atoms with Crippen LogP contribution in [0.5, 0.6) is 11.8 Å². The largest absolute Gasteiger partial charge is 0.573 e. The van der Waals surface area contributed by atoms with Crippen LogP contribution in [0.2, 0.25) is 0 Å². The van der Waals surface area contributed by atoms with Gasteiger partial charge in [0.15, 0.2) is 0 Å². The van der Waals surface area contributed by atoms with Gasteiger partial charge in [-0.25, -0.2) is 0 Å². The zero-order chi connectivity index (χ0) is 18.0. The Bertz CT molecular complexity index is 762. The molecule has 1 atom stereocenters. The van der Waals surface area contributed by atoms with Gasteiger partial charge in [-0.05, 0) is 27.6 Å². The molecule has 9 nitrogen and oxygen atoms in total. The van der Waals surface area contributed by atoms with Gasteiger partial charge in [0.25, 0.3) is 0 Å². The number of benzene rings is 1. The van der Waals surface area contributed by atoms with Crippen LogP contribution in [0, 0.1) is 10.1 Å². The molecule has 0 amide bonds. The van der Waals surface area contributed by atoms with Crippen LogP contribution >= 0.6 is 0 Å². The third kappa shape index (κ3) is 4.35. The molecule has 0 spiro atoms. The third-order valence-corrected chi connectivity index (χ3v) is 3.21. The molecule has 0 aliphatic carbocycles. The van der Waals surface area contributed by atoms with Gasteiger partial charge in [-0.15, -0.1) is 17.9 Å². The molecule has 1 aliphatic heterocycles. The summed E-state index contributed by atoms with van der Waals surface area (Å²) in [5.41, 5.74) is 0.630. The first-order valence-electron chi connectivity index (χ1n) is 6.98. The quantitative estimate of drug-likeness (QED) is 0.594. The van der Waals surface area contributed by atoms with Crippen LogP contribution in [0.15, 0.2) is 24.3 Å². The van der Waals surface area contributed by atoms with Crippen molar-refractivity contribution in [2.24, 2.45) is 0 Å². The normalized spacial score (nSPS) is 16.8. The summed E-state index contributed by atoms with van der Waals surface area (Å²) in [5, 5.41) is 14.3. The molecule has 25 heavy (non-hydrogen) atoms. The number of rotatable bonds is 5. The van der Waals surface area contributed by atoms with Gasteiger partial charge in [-0.3, -0.25) is 0 Å². The fraction of sp³-hybridized carbons (Fsp3) is 0.385. The lowest BCUT2D eigenvalue weighted by Crippen LogP contribution is -2.32.